The third-order valence-electron chi connectivity index (χ3n) is 7.10. The fourth-order valence-corrected chi connectivity index (χ4v) is 7.65. The Morgan fingerprint density at radius 3 is 2.62 bits per heavy atom. The summed E-state index contributed by atoms with van der Waals surface area (Å²) in [5.41, 5.74) is 3.73. The van der Waals surface area contributed by atoms with E-state index in [4.69, 9.17) is 9.47 Å². The fraction of sp³-hybridized carbons (Fsp3) is 0.379. The van der Waals surface area contributed by atoms with Gasteiger partial charge in [0.1, 0.15) is 16.7 Å². The number of thiophene rings is 1. The molecule has 39 heavy (non-hydrogen) atoms. The second kappa shape index (κ2) is 12.1. The van der Waals surface area contributed by atoms with Gasteiger partial charge in [-0.15, -0.1) is 22.1 Å². The van der Waals surface area contributed by atoms with E-state index in [2.05, 4.69) is 5.32 Å². The van der Waals surface area contributed by atoms with Crippen LogP contribution < -0.4 is 10.1 Å². The number of ether oxygens (including phenoxy) is 2. The van der Waals surface area contributed by atoms with Crippen molar-refractivity contribution in [3.05, 3.63) is 80.5 Å². The summed E-state index contributed by atoms with van der Waals surface area (Å²) in [6, 6.07) is 14.9. The first-order valence-corrected chi connectivity index (χ1v) is 15.2. The van der Waals surface area contributed by atoms with Gasteiger partial charge in [-0.2, -0.15) is 4.31 Å². The number of nitrogens with zero attached hydrogens (tertiary/aromatic N) is 1. The number of hydrogen-bond donors (Lipinski definition) is 3. The average Bonchev–Trinajstić information content (AvgIpc) is 3.27. The second-order valence-electron chi connectivity index (χ2n) is 9.69. The molecule has 2 unspecified atom stereocenters. The molecular weight excluding hydrogens is 536 g/mol. The third kappa shape index (κ3) is 6.15. The van der Waals surface area contributed by atoms with Crippen LogP contribution in [-0.4, -0.2) is 52.1 Å². The Labute approximate surface area is 235 Å². The van der Waals surface area contributed by atoms with Gasteiger partial charge in [-0.1, -0.05) is 37.3 Å². The molecule has 1 amide bonds. The summed E-state index contributed by atoms with van der Waals surface area (Å²) in [5.74, 6) is -0.347. The standard InChI is InChI=1S/C29H36N2O6S2/c1-6-22-17-31(39(34,35)26-10-8-7-9-24(26)37-22)16-21-14-20(12-11-18(21)2)23(15-27(32)36-5)28-19(3)13-25(38-28)29(33)30-4/h7-14,22-23,34-35H,6,15-17H2,1-5H3,(H,30,33). The van der Waals surface area contributed by atoms with Gasteiger partial charge in [0.05, 0.1) is 25.0 Å². The van der Waals surface area contributed by atoms with Crippen molar-refractivity contribution in [1.82, 2.24) is 9.62 Å². The normalized spacial score (nSPS) is 18.3. The lowest BCUT2D eigenvalue weighted by Gasteiger charge is -2.42. The van der Waals surface area contributed by atoms with E-state index < -0.39 is 10.8 Å². The van der Waals surface area contributed by atoms with Gasteiger partial charge in [0, 0.05) is 24.4 Å². The van der Waals surface area contributed by atoms with Crippen molar-refractivity contribution >= 4 is 34.0 Å². The summed E-state index contributed by atoms with van der Waals surface area (Å²) < 4.78 is 35.7. The van der Waals surface area contributed by atoms with Gasteiger partial charge < -0.3 is 14.8 Å². The first-order chi connectivity index (χ1) is 18.6. The highest BCUT2D eigenvalue weighted by Gasteiger charge is 2.35. The molecule has 210 valence electrons. The topological polar surface area (TPSA) is 108 Å². The van der Waals surface area contributed by atoms with Crippen LogP contribution in [0.25, 0.3) is 0 Å². The summed E-state index contributed by atoms with van der Waals surface area (Å²) in [7, 11) is -0.351. The van der Waals surface area contributed by atoms with Crippen molar-refractivity contribution in [3.8, 4) is 5.75 Å². The molecule has 0 saturated carbocycles. The van der Waals surface area contributed by atoms with Crippen LogP contribution in [0.5, 0.6) is 5.75 Å². The van der Waals surface area contributed by atoms with Crippen molar-refractivity contribution in [2.45, 2.75) is 57.1 Å². The summed E-state index contributed by atoms with van der Waals surface area (Å²) in [5, 5.41) is 2.66. The van der Waals surface area contributed by atoms with E-state index in [0.29, 0.717) is 28.5 Å². The smallest absolute Gasteiger partial charge is 0.306 e. The fourth-order valence-electron chi connectivity index (χ4n) is 4.79. The van der Waals surface area contributed by atoms with Crippen molar-refractivity contribution in [2.24, 2.45) is 0 Å². The Kier molecular flexibility index (Phi) is 9.03. The van der Waals surface area contributed by atoms with Crippen LogP contribution in [0.3, 0.4) is 0 Å². The number of carbonyl (C=O) groups excluding carboxylic acids is 2. The zero-order valence-electron chi connectivity index (χ0n) is 22.9. The van der Waals surface area contributed by atoms with Gasteiger partial charge in [0.2, 0.25) is 0 Å². The summed E-state index contributed by atoms with van der Waals surface area (Å²) >= 11 is 1.37. The molecule has 0 spiro atoms. The van der Waals surface area contributed by atoms with Gasteiger partial charge in [-0.05, 0) is 60.7 Å². The van der Waals surface area contributed by atoms with E-state index in [9.17, 15) is 18.7 Å². The van der Waals surface area contributed by atoms with Crippen molar-refractivity contribution in [3.63, 3.8) is 0 Å². The van der Waals surface area contributed by atoms with E-state index >= 15 is 0 Å². The molecule has 0 aliphatic carbocycles. The number of aryl methyl sites for hydroxylation is 2. The van der Waals surface area contributed by atoms with E-state index in [0.717, 1.165) is 27.1 Å². The maximum Gasteiger partial charge on any atom is 0.306 e. The number of para-hydroxylation sites is 1. The SMILES string of the molecule is CCC1CN(Cc2cc(C(CC(=O)OC)c3sc(C(=O)NC)cc3C)ccc2C)S(O)(O)c2ccccc2O1. The summed E-state index contributed by atoms with van der Waals surface area (Å²) in [6.45, 7) is 6.57. The Morgan fingerprint density at radius 1 is 1.18 bits per heavy atom. The lowest BCUT2D eigenvalue weighted by molar-refractivity contribution is -0.140. The lowest BCUT2D eigenvalue weighted by Crippen LogP contribution is -2.34. The Hall–Kier alpha value is -2.89. The van der Waals surface area contributed by atoms with Gasteiger partial charge in [0.15, 0.2) is 0 Å². The minimum Gasteiger partial charge on any atom is -0.487 e. The molecule has 4 rings (SSSR count). The first-order valence-electron chi connectivity index (χ1n) is 12.9. The minimum atomic E-state index is -3.31. The Balaban J connectivity index is 1.74. The minimum absolute atomic E-state index is 0.117. The number of rotatable bonds is 8. The molecule has 1 aliphatic heterocycles. The van der Waals surface area contributed by atoms with Gasteiger partial charge >= 0.3 is 5.97 Å². The molecule has 0 saturated heterocycles. The van der Waals surface area contributed by atoms with Gasteiger partial charge in [-0.3, -0.25) is 18.7 Å². The van der Waals surface area contributed by atoms with Crippen molar-refractivity contribution < 1.29 is 28.2 Å². The second-order valence-corrected chi connectivity index (χ2v) is 12.8. The molecule has 3 N–H and O–H groups in total. The van der Waals surface area contributed by atoms with E-state index in [1.165, 1.54) is 18.4 Å². The number of carbonyl (C=O) groups is 2. The summed E-state index contributed by atoms with van der Waals surface area (Å²) in [6.07, 6.45) is 0.629. The number of esters is 1. The zero-order valence-corrected chi connectivity index (χ0v) is 24.5. The van der Waals surface area contributed by atoms with Crippen LogP contribution in [0.15, 0.2) is 53.4 Å². The molecular formula is C29H36N2O6S2. The predicted molar refractivity (Wildman–Crippen MR) is 155 cm³/mol. The molecule has 0 bridgehead atoms. The number of methoxy groups -OCH3 is 1. The average molecular weight is 573 g/mol. The molecule has 3 aromatic rings. The van der Waals surface area contributed by atoms with Crippen LogP contribution in [0.1, 0.15) is 62.5 Å². The van der Waals surface area contributed by atoms with E-state index in [1.807, 2.05) is 51.1 Å². The maximum absolute atomic E-state index is 12.5. The van der Waals surface area contributed by atoms with Gasteiger partial charge in [-0.25, -0.2) is 0 Å². The van der Waals surface area contributed by atoms with Crippen LogP contribution >= 0.6 is 22.1 Å². The van der Waals surface area contributed by atoms with Crippen molar-refractivity contribution in [2.75, 3.05) is 20.7 Å². The molecule has 10 heteroatoms. The first kappa shape index (κ1) is 29.1. The number of amides is 1. The summed E-state index contributed by atoms with van der Waals surface area (Å²) in [4.78, 5) is 26.7. The molecule has 0 radical (unpaired) electrons. The van der Waals surface area contributed by atoms with Crippen molar-refractivity contribution in [1.29, 1.82) is 0 Å². The molecule has 1 aromatic heterocycles. The molecule has 2 heterocycles. The Morgan fingerprint density at radius 2 is 1.92 bits per heavy atom. The van der Waals surface area contributed by atoms with Crippen LogP contribution in [0, 0.1) is 13.8 Å². The molecule has 1 aliphatic rings. The molecule has 2 aromatic carbocycles. The van der Waals surface area contributed by atoms with Crippen LogP contribution in [0.4, 0.5) is 0 Å². The van der Waals surface area contributed by atoms with E-state index in [-0.39, 0.29) is 36.9 Å². The monoisotopic (exact) mass is 572 g/mol. The molecule has 0 fully saturated rings. The third-order valence-corrected chi connectivity index (χ3v) is 10.4. The number of fused-ring (bicyclic) bond motifs is 1. The highest BCUT2D eigenvalue weighted by atomic mass is 32.3. The van der Waals surface area contributed by atoms with E-state index in [1.54, 1.807) is 29.6 Å². The Bertz CT molecular complexity index is 1360. The largest absolute Gasteiger partial charge is 0.487 e. The number of benzene rings is 2. The number of hydrogen-bond acceptors (Lipinski definition) is 8. The maximum atomic E-state index is 12.5. The quantitative estimate of drug-likeness (QED) is 0.279. The van der Waals surface area contributed by atoms with Crippen LogP contribution in [-0.2, 0) is 16.1 Å². The number of nitrogens with one attached hydrogen (secondary N) is 1. The molecule has 8 nitrogen and oxygen atoms in total. The highest BCUT2D eigenvalue weighted by Crippen LogP contribution is 2.57. The van der Waals surface area contributed by atoms with Crippen LogP contribution in [0.2, 0.25) is 0 Å². The predicted octanol–water partition coefficient (Wildman–Crippen LogP) is 6.12. The van der Waals surface area contributed by atoms with Gasteiger partial charge in [0.25, 0.3) is 5.91 Å². The highest BCUT2D eigenvalue weighted by molar-refractivity contribution is 8.22. The lowest BCUT2D eigenvalue weighted by atomic mass is 9.90. The molecule has 2 atom stereocenters. The zero-order chi connectivity index (χ0) is 28.3.